The zero-order valence-corrected chi connectivity index (χ0v) is 39.0. The summed E-state index contributed by atoms with van der Waals surface area (Å²) in [7, 11) is -4.48. The molecule has 0 amide bonds. The standard InChI is InChI=1S/C48H45F23O2S/c49-38(50,39(51,52)40(53,54)41(55,56)42(57,58)43(59,60)44(61,62)45(63,64)46(65,66)47(67,68)48(69,70)71)37(72)73-74(34-22-16-31(17-23-34)28-10-4-1-5-11-28,35-24-18-32(19-25-35)29-12-6-2-7-13-29)36-26-20-33(21-27-36)30-14-8-3-9-15-30/h16-30H,1-15H2. The van der Waals surface area contributed by atoms with Crippen molar-refractivity contribution >= 4 is 16.3 Å². The van der Waals surface area contributed by atoms with Crippen LogP contribution < -0.4 is 0 Å². The maximum Gasteiger partial charge on any atom is 0.460 e. The van der Waals surface area contributed by atoms with Crippen LogP contribution in [-0.4, -0.2) is 71.4 Å². The molecule has 3 saturated carbocycles. The lowest BCUT2D eigenvalue weighted by Gasteiger charge is -2.45. The Morgan fingerprint density at radius 2 is 0.541 bits per heavy atom. The molecule has 0 aromatic heterocycles. The lowest BCUT2D eigenvalue weighted by Crippen LogP contribution is -2.78. The zero-order chi connectivity index (χ0) is 55.6. The number of hydrogen-bond donors (Lipinski definition) is 0. The predicted molar refractivity (Wildman–Crippen MR) is 221 cm³/mol. The molecule has 0 aliphatic heterocycles. The van der Waals surface area contributed by atoms with Crippen molar-refractivity contribution in [3.63, 3.8) is 0 Å². The number of rotatable bonds is 17. The fourth-order valence-corrected chi connectivity index (χ4v) is 12.7. The minimum absolute atomic E-state index is 0.102. The zero-order valence-electron chi connectivity index (χ0n) is 38.2. The van der Waals surface area contributed by atoms with E-state index >= 15 is 35.1 Å². The molecule has 0 atom stereocenters. The Morgan fingerprint density at radius 1 is 0.324 bits per heavy atom. The molecular weight excluding hydrogens is 1080 g/mol. The molecule has 0 radical (unpaired) electrons. The lowest BCUT2D eigenvalue weighted by atomic mass is 9.84. The maximum atomic E-state index is 16.1. The smallest absolute Gasteiger partial charge is 0.397 e. The van der Waals surface area contributed by atoms with Crippen molar-refractivity contribution < 1.29 is 110 Å². The van der Waals surface area contributed by atoms with E-state index in [2.05, 4.69) is 0 Å². The monoisotopic (exact) mass is 1120 g/mol. The second-order valence-electron chi connectivity index (χ2n) is 18.9. The van der Waals surface area contributed by atoms with Crippen LogP contribution in [0.3, 0.4) is 0 Å². The third kappa shape index (κ3) is 9.28. The maximum absolute atomic E-state index is 16.1. The van der Waals surface area contributed by atoms with E-state index in [1.165, 1.54) is 72.8 Å². The van der Waals surface area contributed by atoms with Gasteiger partial charge in [0.1, 0.15) is 0 Å². The molecular formula is C48H45F23O2S. The molecule has 0 bridgehead atoms. The molecule has 3 aromatic carbocycles. The molecule has 3 fully saturated rings. The first kappa shape index (κ1) is 59.1. The molecule has 26 heteroatoms. The van der Waals surface area contributed by atoms with Crippen LogP contribution in [0.1, 0.15) is 131 Å². The van der Waals surface area contributed by atoms with Gasteiger partial charge in [0.25, 0.3) is 0 Å². The van der Waals surface area contributed by atoms with Crippen LogP contribution >= 0.6 is 10.3 Å². The Balaban J connectivity index is 1.48. The van der Waals surface area contributed by atoms with Crippen LogP contribution in [0.25, 0.3) is 0 Å². The predicted octanol–water partition coefficient (Wildman–Crippen LogP) is 18.5. The molecule has 3 aliphatic rings. The summed E-state index contributed by atoms with van der Waals surface area (Å²) in [6, 6.07) is 15.7. The van der Waals surface area contributed by atoms with E-state index in [-0.39, 0.29) is 32.4 Å². The van der Waals surface area contributed by atoms with Crippen LogP contribution in [0.5, 0.6) is 0 Å². The first-order valence-corrected chi connectivity index (χ1v) is 24.6. The number of carbonyl (C=O) groups is 1. The number of hydrogen-bond acceptors (Lipinski definition) is 2. The quantitative estimate of drug-likeness (QED) is 0.126. The number of halogens is 23. The van der Waals surface area contributed by atoms with E-state index in [4.69, 9.17) is 4.18 Å². The lowest BCUT2D eigenvalue weighted by molar-refractivity contribution is -0.477. The van der Waals surface area contributed by atoms with Gasteiger partial charge in [0, 0.05) is 14.7 Å². The summed E-state index contributed by atoms with van der Waals surface area (Å²) >= 11 is 0. The Bertz CT molecular complexity index is 2250. The van der Waals surface area contributed by atoms with E-state index < -0.39 is 81.7 Å². The number of benzene rings is 3. The van der Waals surface area contributed by atoms with Gasteiger partial charge in [-0.1, -0.05) is 94.2 Å². The summed E-state index contributed by atoms with van der Waals surface area (Å²) in [6.07, 6.45) is 3.09. The van der Waals surface area contributed by atoms with Gasteiger partial charge < -0.3 is 4.18 Å². The number of alkyl halides is 23. The molecule has 0 N–H and O–H groups in total. The Hall–Kier alpha value is -4.13. The average molecular weight is 1120 g/mol. The minimum Gasteiger partial charge on any atom is -0.397 e. The van der Waals surface area contributed by atoms with Crippen LogP contribution in [0.4, 0.5) is 101 Å². The highest BCUT2D eigenvalue weighted by atomic mass is 32.3. The van der Waals surface area contributed by atoms with Gasteiger partial charge in [0.15, 0.2) is 0 Å². The van der Waals surface area contributed by atoms with Crippen molar-refractivity contribution in [2.45, 2.75) is 194 Å². The van der Waals surface area contributed by atoms with Gasteiger partial charge >= 0.3 is 71.4 Å². The number of carbonyl (C=O) groups excluding carboxylic acids is 1. The second-order valence-corrected chi connectivity index (χ2v) is 21.6. The van der Waals surface area contributed by atoms with Crippen molar-refractivity contribution in [3.05, 3.63) is 89.5 Å². The van der Waals surface area contributed by atoms with Crippen LogP contribution in [0.2, 0.25) is 0 Å². The summed E-state index contributed by atoms with van der Waals surface area (Å²) in [5.74, 6) is -94.8. The molecule has 0 heterocycles. The van der Waals surface area contributed by atoms with E-state index in [1.54, 1.807) is 0 Å². The highest BCUT2D eigenvalue weighted by Gasteiger charge is 2.99. The Labute approximate surface area is 409 Å². The van der Waals surface area contributed by atoms with Gasteiger partial charge in [-0.25, -0.2) is 4.79 Å². The van der Waals surface area contributed by atoms with Gasteiger partial charge in [-0.3, -0.25) is 0 Å². The van der Waals surface area contributed by atoms with Crippen molar-refractivity contribution in [2.24, 2.45) is 0 Å². The van der Waals surface area contributed by atoms with Crippen molar-refractivity contribution in [3.8, 4) is 0 Å². The molecule has 416 valence electrons. The molecule has 3 aliphatic carbocycles. The van der Waals surface area contributed by atoms with Gasteiger partial charge in [-0.05, 0) is 120 Å². The highest BCUT2D eigenvalue weighted by molar-refractivity contribution is 8.30. The molecule has 3 aromatic rings. The summed E-state index contributed by atoms with van der Waals surface area (Å²) in [5, 5.41) is 0. The molecule has 74 heavy (non-hydrogen) atoms. The Morgan fingerprint density at radius 3 is 0.770 bits per heavy atom. The third-order valence-corrected chi connectivity index (χ3v) is 17.4. The van der Waals surface area contributed by atoms with Crippen molar-refractivity contribution in [1.29, 1.82) is 0 Å². The first-order valence-electron chi connectivity index (χ1n) is 23.1. The van der Waals surface area contributed by atoms with Gasteiger partial charge in [0.05, 0.1) is 0 Å². The van der Waals surface area contributed by atoms with E-state index in [0.717, 1.165) is 57.8 Å². The summed E-state index contributed by atoms with van der Waals surface area (Å²) in [5.41, 5.74) is 1.85. The summed E-state index contributed by atoms with van der Waals surface area (Å²) in [6.45, 7) is 0. The van der Waals surface area contributed by atoms with Gasteiger partial charge in [0.2, 0.25) is 0 Å². The fourth-order valence-electron chi connectivity index (χ4n) is 9.70. The molecule has 0 unspecified atom stereocenters. The second kappa shape index (κ2) is 20.0. The minimum atomic E-state index is -9.57. The van der Waals surface area contributed by atoms with Crippen LogP contribution in [-0.2, 0) is 8.98 Å². The summed E-state index contributed by atoms with van der Waals surface area (Å²) < 4.78 is 337. The van der Waals surface area contributed by atoms with Crippen LogP contribution in [0.15, 0.2) is 87.5 Å². The normalized spacial score (nSPS) is 19.1. The first-order chi connectivity index (χ1) is 33.8. The topological polar surface area (TPSA) is 26.3 Å². The van der Waals surface area contributed by atoms with Gasteiger partial charge in [-0.15, -0.1) is 0 Å². The SMILES string of the molecule is O=C(OS(c1ccc(C2CCCCC2)cc1)(c1ccc(C2CCCCC2)cc1)c1ccc(C2CCCCC2)cc1)C(F)(F)C(F)(F)C(F)(F)C(F)(F)C(F)(F)C(F)(F)C(F)(F)C(F)(F)C(F)(F)C(F)(F)C(F)(F)F. The molecule has 0 saturated heterocycles. The molecule has 2 nitrogen and oxygen atoms in total. The van der Waals surface area contributed by atoms with Crippen molar-refractivity contribution in [1.82, 2.24) is 0 Å². The molecule has 6 rings (SSSR count). The largest absolute Gasteiger partial charge is 0.460 e. The third-order valence-electron chi connectivity index (χ3n) is 14.2. The Kier molecular flexibility index (Phi) is 16.0. The highest BCUT2D eigenvalue weighted by Crippen LogP contribution is 2.72. The average Bonchev–Trinajstić information content (AvgIpc) is 3.35. The fraction of sp³-hybridized carbons (Fsp3) is 0.604. The molecule has 0 spiro atoms. The van der Waals surface area contributed by atoms with Crippen LogP contribution in [0, 0.1) is 0 Å². The van der Waals surface area contributed by atoms with E-state index in [0.29, 0.717) is 55.2 Å². The van der Waals surface area contributed by atoms with E-state index in [9.17, 15) is 70.7 Å². The van der Waals surface area contributed by atoms with Gasteiger partial charge in [-0.2, -0.15) is 101 Å². The summed E-state index contributed by atoms with van der Waals surface area (Å²) in [4.78, 5) is 12.7. The van der Waals surface area contributed by atoms with Crippen molar-refractivity contribution in [2.75, 3.05) is 0 Å². The van der Waals surface area contributed by atoms with E-state index in [1.807, 2.05) is 0 Å².